The number of likely N-dealkylation sites (N-methyl/N-ethyl adjacent to an activating group) is 1. The summed E-state index contributed by atoms with van der Waals surface area (Å²) in [6.45, 7) is 2.63. The molecule has 1 aromatic carbocycles. The number of rotatable bonds is 5. The summed E-state index contributed by atoms with van der Waals surface area (Å²) in [5.74, 6) is 2.52. The van der Waals surface area contributed by atoms with Crippen molar-refractivity contribution in [1.29, 1.82) is 0 Å². The van der Waals surface area contributed by atoms with Gasteiger partial charge in [0, 0.05) is 18.8 Å². The first-order valence-corrected chi connectivity index (χ1v) is 9.35. The first-order chi connectivity index (χ1) is 13.2. The minimum absolute atomic E-state index is 0.0520. The average Bonchev–Trinajstić information content (AvgIpc) is 3.29. The van der Waals surface area contributed by atoms with Crippen LogP contribution < -0.4 is 10.1 Å². The summed E-state index contributed by atoms with van der Waals surface area (Å²) in [4.78, 5) is 6.52. The maximum Gasteiger partial charge on any atom is 0.170 e. The molecule has 3 heterocycles. The van der Waals surface area contributed by atoms with E-state index in [-0.39, 0.29) is 12.1 Å². The molecule has 0 amide bonds. The normalized spacial score (nSPS) is 19.2. The Labute approximate surface area is 164 Å². The molecule has 1 fully saturated rings. The van der Waals surface area contributed by atoms with Crippen LogP contribution in [-0.2, 0) is 0 Å². The highest BCUT2D eigenvalue weighted by Crippen LogP contribution is 2.39. The summed E-state index contributed by atoms with van der Waals surface area (Å²) in [7, 11) is 1.97. The third-order valence-corrected chi connectivity index (χ3v) is 5.11. The summed E-state index contributed by atoms with van der Waals surface area (Å²) in [5.41, 5.74) is 1.95. The van der Waals surface area contributed by atoms with Crippen LogP contribution in [-0.4, -0.2) is 28.7 Å². The van der Waals surface area contributed by atoms with Crippen LogP contribution in [0.15, 0.2) is 65.2 Å². The summed E-state index contributed by atoms with van der Waals surface area (Å²) in [5, 5.41) is 4.05. The lowest BCUT2D eigenvalue weighted by Gasteiger charge is -2.21. The van der Waals surface area contributed by atoms with E-state index in [1.54, 1.807) is 6.20 Å². The lowest BCUT2D eigenvalue weighted by Crippen LogP contribution is -2.24. The Bertz CT molecular complexity index is 924. The number of aromatic nitrogens is 1. The number of pyridine rings is 1. The SMILES string of the molecule is CCOc1ccc(-c2ccc([C@@H]3[C@@H](c4ccccn4)NC(=S)N3C)o2)cc1. The smallest absolute Gasteiger partial charge is 0.170 e. The molecule has 138 valence electrons. The van der Waals surface area contributed by atoms with Crippen molar-refractivity contribution in [3.8, 4) is 17.1 Å². The molecule has 6 heteroatoms. The van der Waals surface area contributed by atoms with Crippen LogP contribution in [0.1, 0.15) is 30.5 Å². The molecule has 5 nitrogen and oxygen atoms in total. The predicted molar refractivity (Wildman–Crippen MR) is 109 cm³/mol. The molecular formula is C21H21N3O2S. The molecule has 0 bridgehead atoms. The lowest BCUT2D eigenvalue weighted by molar-refractivity contribution is 0.310. The molecule has 2 atom stereocenters. The average molecular weight is 379 g/mol. The van der Waals surface area contributed by atoms with Gasteiger partial charge in [-0.25, -0.2) is 0 Å². The van der Waals surface area contributed by atoms with Crippen LogP contribution in [0.2, 0.25) is 0 Å². The number of nitrogens with zero attached hydrogens (tertiary/aromatic N) is 2. The molecule has 27 heavy (non-hydrogen) atoms. The maximum atomic E-state index is 6.21. The van der Waals surface area contributed by atoms with Crippen LogP contribution >= 0.6 is 12.2 Å². The van der Waals surface area contributed by atoms with E-state index < -0.39 is 0 Å². The van der Waals surface area contributed by atoms with E-state index in [1.807, 2.05) is 73.5 Å². The second-order valence-corrected chi connectivity index (χ2v) is 6.78. The van der Waals surface area contributed by atoms with Crippen LogP contribution in [0, 0.1) is 0 Å². The van der Waals surface area contributed by atoms with Gasteiger partial charge >= 0.3 is 0 Å². The van der Waals surface area contributed by atoms with Gasteiger partial charge in [-0.15, -0.1) is 0 Å². The first kappa shape index (κ1) is 17.5. The fourth-order valence-corrected chi connectivity index (χ4v) is 3.60. The van der Waals surface area contributed by atoms with Gasteiger partial charge in [0.25, 0.3) is 0 Å². The van der Waals surface area contributed by atoms with Crippen LogP contribution in [0.4, 0.5) is 0 Å². The van der Waals surface area contributed by atoms with Gasteiger partial charge in [-0.1, -0.05) is 6.07 Å². The fraction of sp³-hybridized carbons (Fsp3) is 0.238. The van der Waals surface area contributed by atoms with Crippen molar-refractivity contribution in [2.45, 2.75) is 19.0 Å². The monoisotopic (exact) mass is 379 g/mol. The third kappa shape index (κ3) is 3.40. The zero-order chi connectivity index (χ0) is 18.8. The highest BCUT2D eigenvalue weighted by Gasteiger charge is 2.39. The molecule has 0 spiro atoms. The van der Waals surface area contributed by atoms with Gasteiger partial charge in [0.05, 0.1) is 18.3 Å². The molecule has 0 unspecified atom stereocenters. The summed E-state index contributed by atoms with van der Waals surface area (Å²) < 4.78 is 11.7. The molecule has 0 aliphatic carbocycles. The molecular weight excluding hydrogens is 358 g/mol. The van der Waals surface area contributed by atoms with Crippen molar-refractivity contribution in [3.63, 3.8) is 0 Å². The molecule has 1 saturated heterocycles. The van der Waals surface area contributed by atoms with Crippen molar-refractivity contribution < 1.29 is 9.15 Å². The van der Waals surface area contributed by atoms with Crippen molar-refractivity contribution >= 4 is 17.3 Å². The highest BCUT2D eigenvalue weighted by molar-refractivity contribution is 7.80. The number of benzene rings is 1. The van der Waals surface area contributed by atoms with E-state index in [0.717, 1.165) is 28.5 Å². The fourth-order valence-electron chi connectivity index (χ4n) is 3.36. The largest absolute Gasteiger partial charge is 0.494 e. The number of hydrogen-bond acceptors (Lipinski definition) is 4. The number of nitrogens with one attached hydrogen (secondary N) is 1. The second-order valence-electron chi connectivity index (χ2n) is 6.40. The molecule has 0 radical (unpaired) electrons. The number of furan rings is 1. The number of thiocarbonyl (C=S) groups is 1. The first-order valence-electron chi connectivity index (χ1n) is 8.94. The Kier molecular flexibility index (Phi) is 4.81. The minimum atomic E-state index is -0.0527. The highest BCUT2D eigenvalue weighted by atomic mass is 32.1. The molecule has 2 aromatic heterocycles. The number of hydrogen-bond donors (Lipinski definition) is 1. The van der Waals surface area contributed by atoms with Crippen molar-refractivity contribution in [2.75, 3.05) is 13.7 Å². The lowest BCUT2D eigenvalue weighted by atomic mass is 10.0. The summed E-state index contributed by atoms with van der Waals surface area (Å²) >= 11 is 5.47. The van der Waals surface area contributed by atoms with Gasteiger partial charge in [-0.2, -0.15) is 0 Å². The Morgan fingerprint density at radius 3 is 2.67 bits per heavy atom. The van der Waals surface area contributed by atoms with Gasteiger partial charge in [-0.3, -0.25) is 4.98 Å². The Hall–Kier alpha value is -2.86. The van der Waals surface area contributed by atoms with Crippen molar-refractivity contribution in [3.05, 3.63) is 72.2 Å². The minimum Gasteiger partial charge on any atom is -0.494 e. The molecule has 1 N–H and O–H groups in total. The van der Waals surface area contributed by atoms with E-state index in [4.69, 9.17) is 21.4 Å². The van der Waals surface area contributed by atoms with Crippen LogP contribution in [0.25, 0.3) is 11.3 Å². The van der Waals surface area contributed by atoms with Gasteiger partial charge in [-0.05, 0) is 67.7 Å². The van der Waals surface area contributed by atoms with E-state index in [0.29, 0.717) is 11.7 Å². The van der Waals surface area contributed by atoms with Gasteiger partial charge in [0.1, 0.15) is 23.3 Å². The Morgan fingerprint density at radius 1 is 1.15 bits per heavy atom. The molecule has 1 aliphatic rings. The van der Waals surface area contributed by atoms with Gasteiger partial charge in [0.15, 0.2) is 5.11 Å². The van der Waals surface area contributed by atoms with E-state index in [1.165, 1.54) is 0 Å². The third-order valence-electron chi connectivity index (χ3n) is 4.71. The second kappa shape index (κ2) is 7.40. The summed E-state index contributed by atoms with van der Waals surface area (Å²) in [6, 6.07) is 17.7. The van der Waals surface area contributed by atoms with E-state index in [2.05, 4.69) is 10.3 Å². The van der Waals surface area contributed by atoms with Crippen LogP contribution in [0.5, 0.6) is 5.75 Å². The predicted octanol–water partition coefficient (Wildman–Crippen LogP) is 4.34. The Morgan fingerprint density at radius 2 is 1.96 bits per heavy atom. The molecule has 1 aliphatic heterocycles. The maximum absolute atomic E-state index is 6.21. The summed E-state index contributed by atoms with van der Waals surface area (Å²) in [6.07, 6.45) is 1.79. The van der Waals surface area contributed by atoms with Gasteiger partial charge < -0.3 is 19.4 Å². The van der Waals surface area contributed by atoms with Crippen LogP contribution in [0.3, 0.4) is 0 Å². The zero-order valence-corrected chi connectivity index (χ0v) is 16.1. The number of ether oxygens (including phenoxy) is 1. The van der Waals surface area contributed by atoms with Crippen molar-refractivity contribution in [2.24, 2.45) is 0 Å². The van der Waals surface area contributed by atoms with Crippen molar-refractivity contribution in [1.82, 2.24) is 15.2 Å². The zero-order valence-electron chi connectivity index (χ0n) is 15.3. The standard InChI is InChI=1S/C21H21N3O2S/c1-3-25-15-9-7-14(8-10-15)17-11-12-18(26-17)20-19(23-21(27)24(20)2)16-6-4-5-13-22-16/h4-13,19-20H,3H2,1-2H3,(H,23,27)/t19-,20-/m1/s1. The van der Waals surface area contributed by atoms with Gasteiger partial charge in [0.2, 0.25) is 0 Å². The molecule has 4 rings (SSSR count). The van der Waals surface area contributed by atoms with E-state index in [9.17, 15) is 0 Å². The molecule has 3 aromatic rings. The molecule has 0 saturated carbocycles. The quantitative estimate of drug-likeness (QED) is 0.666. The topological polar surface area (TPSA) is 50.5 Å². The Balaban J connectivity index is 1.63. The van der Waals surface area contributed by atoms with E-state index >= 15 is 0 Å².